The first-order valence-electron chi connectivity index (χ1n) is 5.30. The molecule has 18 heavy (non-hydrogen) atoms. The van der Waals surface area contributed by atoms with Crippen LogP contribution in [0.3, 0.4) is 0 Å². The Bertz CT molecular complexity index is 480. The summed E-state index contributed by atoms with van der Waals surface area (Å²) < 4.78 is 17.9. The number of carbonyl (C=O) groups is 2. The predicted molar refractivity (Wildman–Crippen MR) is 57.4 cm³/mol. The van der Waals surface area contributed by atoms with Gasteiger partial charge in [-0.15, -0.1) is 0 Å². The summed E-state index contributed by atoms with van der Waals surface area (Å²) in [7, 11) is 0. The van der Waals surface area contributed by atoms with Crippen molar-refractivity contribution in [2.45, 2.75) is 6.04 Å². The van der Waals surface area contributed by atoms with Crippen LogP contribution in [0.2, 0.25) is 0 Å². The van der Waals surface area contributed by atoms with Crippen LogP contribution in [0.5, 0.6) is 0 Å². The van der Waals surface area contributed by atoms with E-state index in [1.807, 2.05) is 0 Å². The van der Waals surface area contributed by atoms with E-state index in [1.165, 1.54) is 6.20 Å². The Morgan fingerprint density at radius 3 is 2.89 bits per heavy atom. The lowest BCUT2D eigenvalue weighted by Gasteiger charge is -2.15. The number of halogens is 1. The molecule has 2 atom stereocenters. The average molecular weight is 254 g/mol. The number of carboxylic acid groups (broad SMARTS) is 1. The van der Waals surface area contributed by atoms with Gasteiger partial charge in [0.25, 0.3) is 5.91 Å². The van der Waals surface area contributed by atoms with Gasteiger partial charge in [0.2, 0.25) is 0 Å². The molecule has 7 heteroatoms. The van der Waals surface area contributed by atoms with E-state index in [2.05, 4.69) is 10.3 Å². The number of hydrogen-bond acceptors (Lipinski definition) is 4. The summed E-state index contributed by atoms with van der Waals surface area (Å²) >= 11 is 0. The van der Waals surface area contributed by atoms with Gasteiger partial charge in [0.05, 0.1) is 31.0 Å². The van der Waals surface area contributed by atoms with Crippen LogP contribution in [0.1, 0.15) is 10.4 Å². The smallest absolute Gasteiger partial charge is 0.311 e. The van der Waals surface area contributed by atoms with Crippen LogP contribution in [0.15, 0.2) is 18.5 Å². The summed E-state index contributed by atoms with van der Waals surface area (Å²) in [5, 5.41) is 11.4. The number of aliphatic carboxylic acids is 1. The minimum atomic E-state index is -1.03. The van der Waals surface area contributed by atoms with Gasteiger partial charge in [0.1, 0.15) is 11.7 Å². The molecule has 1 aromatic heterocycles. The van der Waals surface area contributed by atoms with E-state index in [-0.39, 0.29) is 18.8 Å². The molecule has 0 aromatic carbocycles. The third-order valence-electron chi connectivity index (χ3n) is 2.68. The minimum Gasteiger partial charge on any atom is -0.481 e. The molecule has 2 N–H and O–H groups in total. The second kappa shape index (κ2) is 5.09. The van der Waals surface area contributed by atoms with Crippen LogP contribution in [-0.2, 0) is 9.53 Å². The van der Waals surface area contributed by atoms with Crippen LogP contribution >= 0.6 is 0 Å². The second-order valence-corrected chi connectivity index (χ2v) is 3.95. The molecule has 1 fully saturated rings. The van der Waals surface area contributed by atoms with Gasteiger partial charge in [-0.05, 0) is 6.07 Å². The lowest BCUT2D eigenvalue weighted by Crippen LogP contribution is -2.42. The first-order valence-corrected chi connectivity index (χ1v) is 5.30. The Morgan fingerprint density at radius 1 is 1.44 bits per heavy atom. The average Bonchev–Trinajstić information content (AvgIpc) is 2.77. The Labute approximate surface area is 102 Å². The molecule has 2 rings (SSSR count). The van der Waals surface area contributed by atoms with Crippen molar-refractivity contribution in [2.24, 2.45) is 5.92 Å². The number of ether oxygens (including phenoxy) is 1. The maximum atomic E-state index is 12.9. The Balaban J connectivity index is 2.05. The lowest BCUT2D eigenvalue weighted by atomic mass is 10.0. The topological polar surface area (TPSA) is 88.5 Å². The van der Waals surface area contributed by atoms with Gasteiger partial charge in [0.15, 0.2) is 0 Å². The van der Waals surface area contributed by atoms with Gasteiger partial charge < -0.3 is 15.2 Å². The van der Waals surface area contributed by atoms with Gasteiger partial charge in [-0.3, -0.25) is 14.6 Å². The van der Waals surface area contributed by atoms with E-state index in [0.29, 0.717) is 0 Å². The number of pyridine rings is 1. The molecule has 0 spiro atoms. The highest BCUT2D eigenvalue weighted by molar-refractivity contribution is 5.94. The van der Waals surface area contributed by atoms with E-state index in [4.69, 9.17) is 9.84 Å². The summed E-state index contributed by atoms with van der Waals surface area (Å²) in [6.07, 6.45) is 2.19. The normalized spacial score (nSPS) is 22.7. The van der Waals surface area contributed by atoms with Crippen LogP contribution in [0, 0.1) is 11.7 Å². The fourth-order valence-corrected chi connectivity index (χ4v) is 1.73. The Hall–Kier alpha value is -2.02. The number of carboxylic acids is 1. The molecule has 1 aliphatic rings. The number of nitrogens with one attached hydrogen (secondary N) is 1. The van der Waals surface area contributed by atoms with E-state index in [0.717, 1.165) is 12.3 Å². The third kappa shape index (κ3) is 2.62. The van der Waals surface area contributed by atoms with Gasteiger partial charge >= 0.3 is 5.97 Å². The zero-order valence-electron chi connectivity index (χ0n) is 9.30. The largest absolute Gasteiger partial charge is 0.481 e. The molecule has 96 valence electrons. The fraction of sp³-hybridized carbons (Fsp3) is 0.364. The first kappa shape index (κ1) is 12.4. The number of carbonyl (C=O) groups excluding carboxylic acids is 1. The highest BCUT2D eigenvalue weighted by Gasteiger charge is 2.35. The molecule has 0 bridgehead atoms. The van der Waals surface area contributed by atoms with Crippen molar-refractivity contribution in [3.8, 4) is 0 Å². The van der Waals surface area contributed by atoms with Crippen molar-refractivity contribution in [2.75, 3.05) is 13.2 Å². The quantitative estimate of drug-likeness (QED) is 0.795. The van der Waals surface area contributed by atoms with E-state index in [1.54, 1.807) is 0 Å². The second-order valence-electron chi connectivity index (χ2n) is 3.95. The number of rotatable bonds is 3. The molecule has 1 amide bonds. The molecular formula is C11H11FN2O4. The number of nitrogens with zero attached hydrogens (tertiary/aromatic N) is 1. The highest BCUT2D eigenvalue weighted by atomic mass is 19.1. The van der Waals surface area contributed by atoms with Gasteiger partial charge in [-0.2, -0.15) is 0 Å². The SMILES string of the molecule is O=C(NC1COCC1C(=O)O)c1cncc(F)c1. The maximum absolute atomic E-state index is 12.9. The first-order chi connectivity index (χ1) is 8.58. The molecule has 0 saturated carbocycles. The minimum absolute atomic E-state index is 0.0473. The Kier molecular flexibility index (Phi) is 3.52. The molecule has 0 aliphatic carbocycles. The summed E-state index contributed by atoms with van der Waals surface area (Å²) in [4.78, 5) is 26.2. The fourth-order valence-electron chi connectivity index (χ4n) is 1.73. The summed E-state index contributed by atoms with van der Waals surface area (Å²) in [5.74, 6) is -3.01. The highest BCUT2D eigenvalue weighted by Crippen LogP contribution is 2.14. The maximum Gasteiger partial charge on any atom is 0.311 e. The van der Waals surface area contributed by atoms with Crippen molar-refractivity contribution < 1.29 is 23.8 Å². The molecule has 6 nitrogen and oxygen atoms in total. The molecular weight excluding hydrogens is 243 g/mol. The monoisotopic (exact) mass is 254 g/mol. The zero-order valence-corrected chi connectivity index (χ0v) is 9.30. The number of amides is 1. The summed E-state index contributed by atoms with van der Waals surface area (Å²) in [6.45, 7) is 0.188. The van der Waals surface area contributed by atoms with Gasteiger partial charge in [-0.1, -0.05) is 0 Å². The molecule has 0 radical (unpaired) electrons. The van der Waals surface area contributed by atoms with Crippen molar-refractivity contribution >= 4 is 11.9 Å². The van der Waals surface area contributed by atoms with Crippen LogP contribution in [-0.4, -0.2) is 41.2 Å². The van der Waals surface area contributed by atoms with E-state index >= 15 is 0 Å². The number of hydrogen-bond donors (Lipinski definition) is 2. The van der Waals surface area contributed by atoms with E-state index < -0.39 is 29.7 Å². The van der Waals surface area contributed by atoms with Crippen LogP contribution < -0.4 is 5.32 Å². The van der Waals surface area contributed by atoms with E-state index in [9.17, 15) is 14.0 Å². The molecule has 1 aliphatic heterocycles. The van der Waals surface area contributed by atoms with Crippen LogP contribution in [0.25, 0.3) is 0 Å². The lowest BCUT2D eigenvalue weighted by molar-refractivity contribution is -0.142. The Morgan fingerprint density at radius 2 is 2.22 bits per heavy atom. The number of aromatic nitrogens is 1. The molecule has 1 aromatic rings. The standard InChI is InChI=1S/C11H11FN2O4/c12-7-1-6(2-13-3-7)10(15)14-9-5-18-4-8(9)11(16)17/h1-3,8-9H,4-5H2,(H,14,15)(H,16,17). The molecule has 2 unspecified atom stereocenters. The van der Waals surface area contributed by atoms with Gasteiger partial charge in [-0.25, -0.2) is 4.39 Å². The van der Waals surface area contributed by atoms with Crippen molar-refractivity contribution in [1.29, 1.82) is 0 Å². The van der Waals surface area contributed by atoms with Crippen LogP contribution in [0.4, 0.5) is 4.39 Å². The summed E-state index contributed by atoms with van der Waals surface area (Å²) in [5.41, 5.74) is 0.0473. The predicted octanol–water partition coefficient (Wildman–Crippen LogP) is 0.0501. The van der Waals surface area contributed by atoms with Crippen molar-refractivity contribution in [3.05, 3.63) is 29.8 Å². The molecule has 1 saturated heterocycles. The summed E-state index contributed by atoms with van der Waals surface area (Å²) in [6, 6.07) is 0.423. The van der Waals surface area contributed by atoms with Crippen molar-refractivity contribution in [3.63, 3.8) is 0 Å². The zero-order chi connectivity index (χ0) is 13.1. The van der Waals surface area contributed by atoms with Gasteiger partial charge in [0, 0.05) is 6.20 Å². The molecule has 2 heterocycles. The van der Waals surface area contributed by atoms with Crippen molar-refractivity contribution in [1.82, 2.24) is 10.3 Å². The third-order valence-corrected chi connectivity index (χ3v) is 2.68.